The van der Waals surface area contributed by atoms with Crippen LogP contribution in [0.4, 0.5) is 0 Å². The zero-order valence-electron chi connectivity index (χ0n) is 16.7. The van der Waals surface area contributed by atoms with E-state index in [0.717, 1.165) is 29.7 Å². The number of benzene rings is 2. The van der Waals surface area contributed by atoms with E-state index in [1.165, 1.54) is 17.8 Å². The Balaban J connectivity index is 2.02. The minimum Gasteiger partial charge on any atom is -0.496 e. The van der Waals surface area contributed by atoms with Gasteiger partial charge in [-0.25, -0.2) is 0 Å². The molecule has 2 aromatic rings. The van der Waals surface area contributed by atoms with Crippen LogP contribution in [0.15, 0.2) is 48.5 Å². The summed E-state index contributed by atoms with van der Waals surface area (Å²) in [7, 11) is 1.55. The highest BCUT2D eigenvalue weighted by atomic mass is 32.2. The van der Waals surface area contributed by atoms with Gasteiger partial charge in [-0.05, 0) is 48.4 Å². The van der Waals surface area contributed by atoms with Crippen molar-refractivity contribution in [3.05, 3.63) is 65.2 Å². The molecule has 0 bridgehead atoms. The average Bonchev–Trinajstić information content (AvgIpc) is 2.72. The van der Waals surface area contributed by atoms with E-state index in [1.807, 2.05) is 24.3 Å². The van der Waals surface area contributed by atoms with Crippen LogP contribution < -0.4 is 9.47 Å². The van der Waals surface area contributed by atoms with Gasteiger partial charge in [0, 0.05) is 16.9 Å². The Labute approximate surface area is 175 Å². The number of carbonyl (C=O) groups is 2. The first-order chi connectivity index (χ1) is 14.0. The maximum absolute atomic E-state index is 12.5. The van der Waals surface area contributed by atoms with Crippen molar-refractivity contribution in [2.24, 2.45) is 0 Å². The number of thioether (sulfide) groups is 1. The molecule has 5 nitrogen and oxygen atoms in total. The van der Waals surface area contributed by atoms with Gasteiger partial charge in [-0.3, -0.25) is 9.59 Å². The molecule has 154 valence electrons. The number of hydrogen-bond donors (Lipinski definition) is 1. The third-order valence-electron chi connectivity index (χ3n) is 4.12. The van der Waals surface area contributed by atoms with Gasteiger partial charge >= 0.3 is 5.97 Å². The van der Waals surface area contributed by atoms with Crippen molar-refractivity contribution in [2.75, 3.05) is 19.5 Å². The van der Waals surface area contributed by atoms with Crippen LogP contribution in [0.5, 0.6) is 11.5 Å². The molecule has 29 heavy (non-hydrogen) atoms. The van der Waals surface area contributed by atoms with Crippen molar-refractivity contribution in [3.63, 3.8) is 0 Å². The van der Waals surface area contributed by atoms with Crippen LogP contribution in [-0.4, -0.2) is 36.3 Å². The Morgan fingerprint density at radius 2 is 1.90 bits per heavy atom. The summed E-state index contributed by atoms with van der Waals surface area (Å²) in [5, 5.41) is 8.79. The Hall–Kier alpha value is -2.73. The van der Waals surface area contributed by atoms with E-state index in [4.69, 9.17) is 14.6 Å². The van der Waals surface area contributed by atoms with Crippen molar-refractivity contribution in [1.82, 2.24) is 0 Å². The SMILES string of the molecule is CCCCOc1ccc(C=CC(=O)c2ccc(OC)c(CSCC(=O)O)c2)cc1. The number of rotatable bonds is 12. The summed E-state index contributed by atoms with van der Waals surface area (Å²) in [6.45, 7) is 2.82. The largest absolute Gasteiger partial charge is 0.496 e. The van der Waals surface area contributed by atoms with Crippen molar-refractivity contribution in [1.29, 1.82) is 0 Å². The van der Waals surface area contributed by atoms with Gasteiger partial charge in [0.05, 0.1) is 19.5 Å². The van der Waals surface area contributed by atoms with Crippen molar-refractivity contribution < 1.29 is 24.2 Å². The molecule has 6 heteroatoms. The van der Waals surface area contributed by atoms with Crippen LogP contribution >= 0.6 is 11.8 Å². The minimum atomic E-state index is -0.870. The van der Waals surface area contributed by atoms with E-state index >= 15 is 0 Å². The topological polar surface area (TPSA) is 72.8 Å². The number of allylic oxidation sites excluding steroid dienone is 1. The molecule has 0 unspecified atom stereocenters. The van der Waals surface area contributed by atoms with Gasteiger partial charge in [0.25, 0.3) is 0 Å². The van der Waals surface area contributed by atoms with Gasteiger partial charge in [0.2, 0.25) is 0 Å². The molecule has 0 amide bonds. The minimum absolute atomic E-state index is 0.000610. The van der Waals surface area contributed by atoms with E-state index in [2.05, 4.69) is 6.92 Å². The normalized spacial score (nSPS) is 10.8. The summed E-state index contributed by atoms with van der Waals surface area (Å²) >= 11 is 1.26. The predicted molar refractivity (Wildman–Crippen MR) is 117 cm³/mol. The first-order valence-electron chi connectivity index (χ1n) is 9.45. The number of carboxylic acids is 1. The molecule has 0 aliphatic heterocycles. The van der Waals surface area contributed by atoms with E-state index < -0.39 is 5.97 Å². The van der Waals surface area contributed by atoms with Gasteiger partial charge in [0.15, 0.2) is 5.78 Å². The molecule has 0 fully saturated rings. The Morgan fingerprint density at radius 1 is 1.14 bits per heavy atom. The first kappa shape index (κ1) is 22.6. The van der Waals surface area contributed by atoms with Crippen LogP contribution in [0, 0.1) is 0 Å². The van der Waals surface area contributed by atoms with Gasteiger partial charge in [-0.1, -0.05) is 31.6 Å². The average molecular weight is 415 g/mol. The molecule has 2 aromatic carbocycles. The first-order valence-corrected chi connectivity index (χ1v) is 10.6. The predicted octanol–water partition coefficient (Wildman–Crippen LogP) is 5.09. The lowest BCUT2D eigenvalue weighted by molar-refractivity contribution is -0.133. The number of ether oxygens (including phenoxy) is 2. The monoisotopic (exact) mass is 414 g/mol. The fourth-order valence-corrected chi connectivity index (χ4v) is 3.29. The Kier molecular flexibility index (Phi) is 9.31. The Morgan fingerprint density at radius 3 is 2.55 bits per heavy atom. The van der Waals surface area contributed by atoms with Gasteiger partial charge in [-0.2, -0.15) is 0 Å². The highest BCUT2D eigenvalue weighted by Crippen LogP contribution is 2.25. The van der Waals surface area contributed by atoms with Crippen LogP contribution in [-0.2, 0) is 10.5 Å². The molecule has 0 aliphatic rings. The second-order valence-corrected chi connectivity index (χ2v) is 7.37. The van der Waals surface area contributed by atoms with Crippen molar-refractivity contribution in [2.45, 2.75) is 25.5 Å². The molecule has 0 atom stereocenters. The van der Waals surface area contributed by atoms with E-state index in [-0.39, 0.29) is 11.5 Å². The quantitative estimate of drug-likeness (QED) is 0.296. The van der Waals surface area contributed by atoms with Gasteiger partial charge < -0.3 is 14.6 Å². The van der Waals surface area contributed by atoms with E-state index in [1.54, 1.807) is 31.4 Å². The van der Waals surface area contributed by atoms with Crippen LogP contribution in [0.25, 0.3) is 6.08 Å². The lowest BCUT2D eigenvalue weighted by atomic mass is 10.1. The lowest BCUT2D eigenvalue weighted by Crippen LogP contribution is -2.01. The number of unbranched alkanes of at least 4 members (excludes halogenated alkanes) is 1. The number of hydrogen-bond acceptors (Lipinski definition) is 5. The third-order valence-corrected chi connectivity index (χ3v) is 5.09. The van der Waals surface area contributed by atoms with E-state index in [9.17, 15) is 9.59 Å². The van der Waals surface area contributed by atoms with Gasteiger partial charge in [0.1, 0.15) is 11.5 Å². The molecule has 0 saturated heterocycles. The molecular formula is C23H26O5S. The maximum atomic E-state index is 12.5. The summed E-state index contributed by atoms with van der Waals surface area (Å²) in [5.41, 5.74) is 2.24. The number of carbonyl (C=O) groups excluding carboxylic acids is 1. The second kappa shape index (κ2) is 12.0. The molecule has 1 N–H and O–H groups in total. The lowest BCUT2D eigenvalue weighted by Gasteiger charge is -2.09. The molecule has 0 aliphatic carbocycles. The van der Waals surface area contributed by atoms with E-state index in [0.29, 0.717) is 23.7 Å². The standard InChI is InChI=1S/C23H26O5S/c1-3-4-13-28-20-9-5-17(6-10-20)7-11-21(24)18-8-12-22(27-2)19(14-18)15-29-16-23(25)26/h5-12,14H,3-4,13,15-16H2,1-2H3,(H,25,26). The summed E-state index contributed by atoms with van der Waals surface area (Å²) in [6.07, 6.45) is 5.41. The van der Waals surface area contributed by atoms with Gasteiger partial charge in [-0.15, -0.1) is 11.8 Å². The fourth-order valence-electron chi connectivity index (χ4n) is 2.57. The summed E-state index contributed by atoms with van der Waals surface area (Å²) < 4.78 is 10.9. The number of carboxylic acid groups (broad SMARTS) is 1. The number of methoxy groups -OCH3 is 1. The summed E-state index contributed by atoms with van der Waals surface area (Å²) in [6, 6.07) is 12.8. The van der Waals surface area contributed by atoms with Crippen LogP contribution in [0.2, 0.25) is 0 Å². The smallest absolute Gasteiger partial charge is 0.313 e. The fraction of sp³-hybridized carbons (Fsp3) is 0.304. The molecule has 0 spiro atoms. The Bertz CT molecular complexity index is 843. The third kappa shape index (κ3) is 7.66. The van der Waals surface area contributed by atoms with Crippen LogP contribution in [0.1, 0.15) is 41.3 Å². The molecule has 0 radical (unpaired) electrons. The maximum Gasteiger partial charge on any atom is 0.313 e. The zero-order chi connectivity index (χ0) is 21.1. The number of ketones is 1. The second-order valence-electron chi connectivity index (χ2n) is 6.38. The molecular weight excluding hydrogens is 388 g/mol. The molecule has 0 saturated carbocycles. The van der Waals surface area contributed by atoms with Crippen molar-refractivity contribution in [3.8, 4) is 11.5 Å². The molecule has 2 rings (SSSR count). The molecule has 0 heterocycles. The highest BCUT2D eigenvalue weighted by Gasteiger charge is 2.09. The van der Waals surface area contributed by atoms with Crippen LogP contribution in [0.3, 0.4) is 0 Å². The van der Waals surface area contributed by atoms with Crippen molar-refractivity contribution >= 4 is 29.6 Å². The summed E-state index contributed by atoms with van der Waals surface area (Å²) in [4.78, 5) is 23.2. The highest BCUT2D eigenvalue weighted by molar-refractivity contribution is 7.99. The summed E-state index contributed by atoms with van der Waals surface area (Å²) in [5.74, 6) is 0.924. The zero-order valence-corrected chi connectivity index (χ0v) is 17.5. The molecule has 0 aromatic heterocycles. The number of aliphatic carboxylic acids is 1.